The summed E-state index contributed by atoms with van der Waals surface area (Å²) in [5, 5.41) is 1.25. The molecule has 3 heteroatoms. The van der Waals surface area contributed by atoms with Crippen LogP contribution in [0.5, 0.6) is 5.75 Å². The first-order valence-corrected chi connectivity index (χ1v) is 7.64. The molecule has 0 aromatic heterocycles. The van der Waals surface area contributed by atoms with Crippen LogP contribution in [0, 0.1) is 0 Å². The molecule has 0 saturated heterocycles. The van der Waals surface area contributed by atoms with E-state index in [9.17, 15) is 0 Å². The molecule has 110 valence electrons. The van der Waals surface area contributed by atoms with E-state index in [2.05, 4.69) is 0 Å². The summed E-state index contributed by atoms with van der Waals surface area (Å²) in [5.41, 5.74) is 3.83. The molecular formula is C19H14Cl2O. The Morgan fingerprint density at radius 2 is 1.32 bits per heavy atom. The summed E-state index contributed by atoms with van der Waals surface area (Å²) in [7, 11) is 1.67. The molecule has 0 aliphatic rings. The smallest absolute Gasteiger partial charge is 0.127 e. The molecule has 0 saturated carbocycles. The maximum atomic E-state index is 6.39. The molecule has 0 aliphatic carbocycles. The van der Waals surface area contributed by atoms with Gasteiger partial charge in [0.25, 0.3) is 0 Å². The molecule has 0 aliphatic heterocycles. The fraction of sp³-hybridized carbons (Fsp3) is 0.0526. The third-order valence-corrected chi connectivity index (χ3v) is 4.17. The van der Waals surface area contributed by atoms with Gasteiger partial charge in [0.2, 0.25) is 0 Å². The van der Waals surface area contributed by atoms with E-state index >= 15 is 0 Å². The molecule has 0 unspecified atom stereocenters. The second-order valence-corrected chi connectivity index (χ2v) is 5.66. The van der Waals surface area contributed by atoms with Crippen LogP contribution in [-0.4, -0.2) is 7.11 Å². The lowest BCUT2D eigenvalue weighted by atomic mass is 9.93. The minimum atomic E-state index is 0.623. The third-order valence-electron chi connectivity index (χ3n) is 3.54. The SMILES string of the molecule is COc1cccc(-c2c(Cl)cccc2Cl)c1-c1ccccc1. The quantitative estimate of drug-likeness (QED) is 0.545. The first-order valence-electron chi connectivity index (χ1n) is 6.89. The Kier molecular flexibility index (Phi) is 4.37. The highest BCUT2D eigenvalue weighted by atomic mass is 35.5. The molecule has 0 amide bonds. The minimum Gasteiger partial charge on any atom is -0.496 e. The van der Waals surface area contributed by atoms with Crippen molar-refractivity contribution in [2.75, 3.05) is 7.11 Å². The Hall–Kier alpha value is -1.96. The Labute approximate surface area is 140 Å². The van der Waals surface area contributed by atoms with Crippen molar-refractivity contribution in [2.45, 2.75) is 0 Å². The molecule has 0 N–H and O–H groups in total. The van der Waals surface area contributed by atoms with Crippen LogP contribution in [0.3, 0.4) is 0 Å². The molecule has 3 aromatic carbocycles. The molecule has 1 nitrogen and oxygen atoms in total. The zero-order valence-corrected chi connectivity index (χ0v) is 13.5. The van der Waals surface area contributed by atoms with Crippen LogP contribution >= 0.6 is 23.2 Å². The van der Waals surface area contributed by atoms with Crippen molar-refractivity contribution in [3.05, 3.63) is 76.8 Å². The summed E-state index contributed by atoms with van der Waals surface area (Å²) in [5.74, 6) is 0.791. The van der Waals surface area contributed by atoms with Crippen LogP contribution in [-0.2, 0) is 0 Å². The average Bonchev–Trinajstić information content (AvgIpc) is 2.55. The van der Waals surface area contributed by atoms with Crippen LogP contribution in [0.1, 0.15) is 0 Å². The van der Waals surface area contributed by atoms with Crippen molar-refractivity contribution in [3.8, 4) is 28.0 Å². The molecular weight excluding hydrogens is 315 g/mol. The highest BCUT2D eigenvalue weighted by Crippen LogP contribution is 2.44. The highest BCUT2D eigenvalue weighted by molar-refractivity contribution is 6.39. The summed E-state index contributed by atoms with van der Waals surface area (Å²) in [6, 6.07) is 21.5. The Balaban J connectivity index is 2.34. The molecule has 22 heavy (non-hydrogen) atoms. The van der Waals surface area contributed by atoms with Gasteiger partial charge in [0, 0.05) is 21.2 Å². The predicted octanol–water partition coefficient (Wildman–Crippen LogP) is 6.34. The van der Waals surface area contributed by atoms with E-state index in [0.29, 0.717) is 10.0 Å². The van der Waals surface area contributed by atoms with Crippen molar-refractivity contribution in [1.29, 1.82) is 0 Å². The summed E-state index contributed by atoms with van der Waals surface area (Å²) < 4.78 is 5.56. The summed E-state index contributed by atoms with van der Waals surface area (Å²) in [6.45, 7) is 0. The lowest BCUT2D eigenvalue weighted by molar-refractivity contribution is 0.416. The summed E-state index contributed by atoms with van der Waals surface area (Å²) in [4.78, 5) is 0. The van der Waals surface area contributed by atoms with E-state index in [-0.39, 0.29) is 0 Å². The fourth-order valence-electron chi connectivity index (χ4n) is 2.57. The number of halogens is 2. The molecule has 3 rings (SSSR count). The first-order chi connectivity index (χ1) is 10.7. The molecule has 0 spiro atoms. The molecule has 0 radical (unpaired) electrons. The first kappa shape index (κ1) is 15.0. The van der Waals surface area contributed by atoms with Crippen LogP contribution < -0.4 is 4.74 Å². The van der Waals surface area contributed by atoms with Gasteiger partial charge >= 0.3 is 0 Å². The Morgan fingerprint density at radius 1 is 0.682 bits per heavy atom. The summed E-state index contributed by atoms with van der Waals surface area (Å²) in [6.07, 6.45) is 0. The number of hydrogen-bond donors (Lipinski definition) is 0. The zero-order valence-electron chi connectivity index (χ0n) is 12.0. The third kappa shape index (κ3) is 2.70. The van der Waals surface area contributed by atoms with Gasteiger partial charge in [-0.3, -0.25) is 0 Å². The maximum absolute atomic E-state index is 6.39. The number of ether oxygens (including phenoxy) is 1. The Morgan fingerprint density at radius 3 is 1.95 bits per heavy atom. The largest absolute Gasteiger partial charge is 0.496 e. The maximum Gasteiger partial charge on any atom is 0.127 e. The van der Waals surface area contributed by atoms with Crippen LogP contribution in [0.4, 0.5) is 0 Å². The van der Waals surface area contributed by atoms with E-state index in [1.54, 1.807) is 7.11 Å². The molecule has 0 atom stereocenters. The normalized spacial score (nSPS) is 10.5. The fourth-order valence-corrected chi connectivity index (χ4v) is 3.17. The topological polar surface area (TPSA) is 9.23 Å². The van der Waals surface area contributed by atoms with Crippen molar-refractivity contribution >= 4 is 23.2 Å². The number of benzene rings is 3. The van der Waals surface area contributed by atoms with Crippen molar-refractivity contribution in [1.82, 2.24) is 0 Å². The molecule has 0 heterocycles. The van der Waals surface area contributed by atoms with Gasteiger partial charge in [-0.15, -0.1) is 0 Å². The minimum absolute atomic E-state index is 0.623. The van der Waals surface area contributed by atoms with Gasteiger partial charge in [-0.1, -0.05) is 71.7 Å². The van der Waals surface area contributed by atoms with E-state index in [1.807, 2.05) is 66.7 Å². The standard InChI is InChI=1S/C19H14Cl2O/c1-22-17-12-5-9-14(18(17)13-7-3-2-4-8-13)19-15(20)10-6-11-16(19)21/h2-12H,1H3. The van der Waals surface area contributed by atoms with Crippen LogP contribution in [0.25, 0.3) is 22.3 Å². The highest BCUT2D eigenvalue weighted by Gasteiger charge is 2.17. The second kappa shape index (κ2) is 6.43. The zero-order chi connectivity index (χ0) is 15.5. The van der Waals surface area contributed by atoms with E-state index < -0.39 is 0 Å². The second-order valence-electron chi connectivity index (χ2n) is 4.85. The van der Waals surface area contributed by atoms with Gasteiger partial charge in [-0.25, -0.2) is 0 Å². The average molecular weight is 329 g/mol. The van der Waals surface area contributed by atoms with Gasteiger partial charge in [0.1, 0.15) is 5.75 Å². The Bertz CT molecular complexity index is 778. The van der Waals surface area contributed by atoms with Gasteiger partial charge in [-0.05, 0) is 29.3 Å². The van der Waals surface area contributed by atoms with E-state index in [0.717, 1.165) is 28.0 Å². The van der Waals surface area contributed by atoms with Gasteiger partial charge in [0.15, 0.2) is 0 Å². The van der Waals surface area contributed by atoms with Gasteiger partial charge < -0.3 is 4.74 Å². The molecule has 0 fully saturated rings. The lowest BCUT2D eigenvalue weighted by Crippen LogP contribution is -1.92. The number of methoxy groups -OCH3 is 1. The van der Waals surface area contributed by atoms with Crippen LogP contribution in [0.2, 0.25) is 10.0 Å². The molecule has 0 bridgehead atoms. The summed E-state index contributed by atoms with van der Waals surface area (Å²) >= 11 is 12.8. The monoisotopic (exact) mass is 328 g/mol. The molecule has 3 aromatic rings. The predicted molar refractivity (Wildman–Crippen MR) is 93.9 cm³/mol. The van der Waals surface area contributed by atoms with Crippen molar-refractivity contribution < 1.29 is 4.74 Å². The van der Waals surface area contributed by atoms with E-state index in [1.165, 1.54) is 0 Å². The van der Waals surface area contributed by atoms with Crippen LogP contribution in [0.15, 0.2) is 66.7 Å². The van der Waals surface area contributed by atoms with Gasteiger partial charge in [0.05, 0.1) is 7.11 Å². The number of rotatable bonds is 3. The van der Waals surface area contributed by atoms with E-state index in [4.69, 9.17) is 27.9 Å². The lowest BCUT2D eigenvalue weighted by Gasteiger charge is -2.16. The van der Waals surface area contributed by atoms with Gasteiger partial charge in [-0.2, -0.15) is 0 Å². The van der Waals surface area contributed by atoms with Crippen molar-refractivity contribution in [2.24, 2.45) is 0 Å². The number of hydrogen-bond acceptors (Lipinski definition) is 1. The van der Waals surface area contributed by atoms with Crippen molar-refractivity contribution in [3.63, 3.8) is 0 Å².